The van der Waals surface area contributed by atoms with Crippen LogP contribution >= 0.6 is 11.8 Å². The number of aryl methyl sites for hydroxylation is 1. The number of amides is 1. The minimum atomic E-state index is -0.00603. The Balaban J connectivity index is 2.05. The predicted molar refractivity (Wildman–Crippen MR) is 118 cm³/mol. The van der Waals surface area contributed by atoms with Crippen LogP contribution in [0.1, 0.15) is 51.3 Å². The van der Waals surface area contributed by atoms with Crippen molar-refractivity contribution in [3.05, 3.63) is 39.8 Å². The van der Waals surface area contributed by atoms with Gasteiger partial charge in [-0.3, -0.25) is 14.7 Å². The van der Waals surface area contributed by atoms with Crippen molar-refractivity contribution in [3.63, 3.8) is 0 Å². The molecule has 0 saturated carbocycles. The van der Waals surface area contributed by atoms with Gasteiger partial charge in [-0.1, -0.05) is 6.08 Å². The number of thioether (sulfide) groups is 1. The second-order valence-electron chi connectivity index (χ2n) is 7.68. The van der Waals surface area contributed by atoms with Gasteiger partial charge in [-0.15, -0.1) is 0 Å². The van der Waals surface area contributed by atoms with Gasteiger partial charge in [0.25, 0.3) is 5.91 Å². The molecule has 4 nitrogen and oxygen atoms in total. The third-order valence-corrected chi connectivity index (χ3v) is 6.43. The lowest BCUT2D eigenvalue weighted by molar-refractivity contribution is -0.122. The zero-order chi connectivity index (χ0) is 19.9. The molecular weight excluding hydrogens is 354 g/mol. The van der Waals surface area contributed by atoms with E-state index in [2.05, 4.69) is 62.8 Å². The molecule has 3 rings (SSSR count). The zero-order valence-electron chi connectivity index (χ0n) is 17.4. The van der Waals surface area contributed by atoms with Gasteiger partial charge in [0.05, 0.1) is 10.4 Å². The number of benzene rings is 1. The van der Waals surface area contributed by atoms with Gasteiger partial charge in [0.2, 0.25) is 0 Å². The predicted octanol–water partition coefficient (Wildman–Crippen LogP) is 4.94. The maximum atomic E-state index is 12.8. The highest BCUT2D eigenvalue weighted by Crippen LogP contribution is 2.40. The summed E-state index contributed by atoms with van der Waals surface area (Å²) in [6.07, 6.45) is 4.33. The Bertz CT molecular complexity index is 880. The average molecular weight is 384 g/mol. The molecule has 1 amide bonds. The molecule has 2 aliphatic heterocycles. The van der Waals surface area contributed by atoms with Gasteiger partial charge in [0, 0.05) is 31.4 Å². The Hall–Kier alpha value is -2.01. The van der Waals surface area contributed by atoms with Crippen LogP contribution in [0.15, 0.2) is 28.1 Å². The number of carbonyl (C=O) groups excluding carboxylic acids is 1. The van der Waals surface area contributed by atoms with Crippen molar-refractivity contribution in [2.45, 2.75) is 47.1 Å². The molecule has 0 atom stereocenters. The standard InChI is InChI=1S/C22H29N3OS/c1-8-23-21-25(9-2)20(26)19(27-21)12-16-11-17-15(4)13-22(5,6)24(7)18(17)10-14(16)3/h10-13H,8-9H2,1-7H3/b19-12-,23-21?. The van der Waals surface area contributed by atoms with E-state index in [4.69, 9.17) is 0 Å². The fraction of sp³-hybridized carbons (Fsp3) is 0.455. The minimum Gasteiger partial charge on any atom is -0.365 e. The molecule has 0 N–H and O–H groups in total. The van der Waals surface area contributed by atoms with Crippen molar-refractivity contribution in [3.8, 4) is 0 Å². The first-order valence-corrected chi connectivity index (χ1v) is 10.4. The molecule has 5 heteroatoms. The van der Waals surface area contributed by atoms with E-state index in [1.54, 1.807) is 4.90 Å². The van der Waals surface area contributed by atoms with E-state index in [0.29, 0.717) is 13.1 Å². The van der Waals surface area contributed by atoms with Gasteiger partial charge in [0.1, 0.15) is 0 Å². The summed E-state index contributed by atoms with van der Waals surface area (Å²) in [7, 11) is 2.14. The number of carbonyl (C=O) groups is 1. The summed E-state index contributed by atoms with van der Waals surface area (Å²) in [5, 5.41) is 0.810. The van der Waals surface area contributed by atoms with Crippen molar-refractivity contribution in [1.29, 1.82) is 0 Å². The lowest BCUT2D eigenvalue weighted by Gasteiger charge is -2.41. The van der Waals surface area contributed by atoms with Gasteiger partial charge in [-0.25, -0.2) is 0 Å². The highest BCUT2D eigenvalue weighted by Gasteiger charge is 2.32. The number of likely N-dealkylation sites (N-methyl/N-ethyl adjacent to an activating group) is 2. The van der Waals surface area contributed by atoms with E-state index < -0.39 is 0 Å². The molecular formula is C22H29N3OS. The number of amidine groups is 1. The van der Waals surface area contributed by atoms with Crippen LogP contribution in [0.25, 0.3) is 11.6 Å². The normalized spacial score (nSPS) is 21.9. The smallest absolute Gasteiger partial charge is 0.266 e. The number of hydrogen-bond acceptors (Lipinski definition) is 4. The zero-order valence-corrected chi connectivity index (χ0v) is 18.2. The van der Waals surface area contributed by atoms with Crippen molar-refractivity contribution >= 4 is 40.2 Å². The highest BCUT2D eigenvalue weighted by molar-refractivity contribution is 8.18. The SMILES string of the molecule is CCN=C1S/C(=C\c2cc3c(cc2C)N(C)C(C)(C)C=C3C)C(=O)N1CC. The van der Waals surface area contributed by atoms with E-state index in [0.717, 1.165) is 15.6 Å². The van der Waals surface area contributed by atoms with Gasteiger partial charge >= 0.3 is 0 Å². The molecule has 0 radical (unpaired) electrons. The lowest BCUT2D eigenvalue weighted by atomic mass is 9.87. The molecule has 1 fully saturated rings. The first kappa shape index (κ1) is 19.7. The van der Waals surface area contributed by atoms with Gasteiger partial charge in [-0.2, -0.15) is 0 Å². The van der Waals surface area contributed by atoms with Crippen molar-refractivity contribution in [2.24, 2.45) is 4.99 Å². The Kier molecular flexibility index (Phi) is 5.26. The molecule has 144 valence electrons. The number of rotatable bonds is 3. The van der Waals surface area contributed by atoms with E-state index in [1.807, 2.05) is 19.9 Å². The third-order valence-electron chi connectivity index (χ3n) is 5.39. The molecule has 1 aromatic rings. The number of anilines is 1. The van der Waals surface area contributed by atoms with E-state index in [9.17, 15) is 4.79 Å². The Morgan fingerprint density at radius 3 is 2.56 bits per heavy atom. The summed E-state index contributed by atoms with van der Waals surface area (Å²) < 4.78 is 0. The molecule has 1 aromatic carbocycles. The Morgan fingerprint density at radius 1 is 1.22 bits per heavy atom. The van der Waals surface area contributed by atoms with Gasteiger partial charge < -0.3 is 4.90 Å². The van der Waals surface area contributed by atoms with Crippen LogP contribution in [0.3, 0.4) is 0 Å². The number of nitrogens with zero attached hydrogens (tertiary/aromatic N) is 3. The van der Waals surface area contributed by atoms with E-state index in [-0.39, 0.29) is 11.4 Å². The maximum absolute atomic E-state index is 12.8. The fourth-order valence-electron chi connectivity index (χ4n) is 3.65. The fourth-order valence-corrected chi connectivity index (χ4v) is 4.75. The second-order valence-corrected chi connectivity index (χ2v) is 8.69. The summed E-state index contributed by atoms with van der Waals surface area (Å²) in [5.74, 6) is 0.0531. The van der Waals surface area contributed by atoms with Crippen LogP contribution < -0.4 is 4.90 Å². The van der Waals surface area contributed by atoms with Crippen LogP contribution in [0.2, 0.25) is 0 Å². The number of fused-ring (bicyclic) bond motifs is 1. The van der Waals surface area contributed by atoms with Crippen molar-refractivity contribution in [2.75, 3.05) is 25.0 Å². The second kappa shape index (κ2) is 7.19. The molecule has 0 bridgehead atoms. The molecule has 2 aliphatic rings. The number of hydrogen-bond donors (Lipinski definition) is 0. The average Bonchev–Trinajstić information content (AvgIpc) is 2.89. The summed E-state index contributed by atoms with van der Waals surface area (Å²) in [4.78, 5) is 22.1. The van der Waals surface area contributed by atoms with Crippen LogP contribution in [0, 0.1) is 6.92 Å². The van der Waals surface area contributed by atoms with Crippen LogP contribution in [0.5, 0.6) is 0 Å². The quantitative estimate of drug-likeness (QED) is 0.694. The van der Waals surface area contributed by atoms with Crippen LogP contribution in [-0.4, -0.2) is 41.7 Å². The van der Waals surface area contributed by atoms with Crippen LogP contribution in [0.4, 0.5) is 5.69 Å². The summed E-state index contributed by atoms with van der Waals surface area (Å²) >= 11 is 1.48. The highest BCUT2D eigenvalue weighted by atomic mass is 32.2. The van der Waals surface area contributed by atoms with Gasteiger partial charge in [-0.05, 0) is 88.2 Å². The Morgan fingerprint density at radius 2 is 1.93 bits per heavy atom. The first-order chi connectivity index (χ1) is 12.7. The third kappa shape index (κ3) is 3.45. The first-order valence-electron chi connectivity index (χ1n) is 9.53. The molecule has 1 saturated heterocycles. The molecule has 0 unspecified atom stereocenters. The number of allylic oxidation sites excluding steroid dienone is 1. The Labute approximate surface area is 167 Å². The lowest BCUT2D eigenvalue weighted by Crippen LogP contribution is -2.42. The van der Waals surface area contributed by atoms with Crippen LogP contribution in [-0.2, 0) is 4.79 Å². The summed E-state index contributed by atoms with van der Waals surface area (Å²) in [6.45, 7) is 14.1. The molecule has 0 aromatic heterocycles. The number of aliphatic imine (C=N–C) groups is 1. The van der Waals surface area contributed by atoms with Crippen molar-refractivity contribution in [1.82, 2.24) is 4.90 Å². The monoisotopic (exact) mass is 383 g/mol. The largest absolute Gasteiger partial charge is 0.365 e. The van der Waals surface area contributed by atoms with E-state index >= 15 is 0 Å². The molecule has 0 spiro atoms. The molecule has 2 heterocycles. The molecule has 0 aliphatic carbocycles. The molecule has 27 heavy (non-hydrogen) atoms. The topological polar surface area (TPSA) is 35.9 Å². The maximum Gasteiger partial charge on any atom is 0.266 e. The van der Waals surface area contributed by atoms with Crippen molar-refractivity contribution < 1.29 is 4.79 Å². The summed E-state index contributed by atoms with van der Waals surface area (Å²) in [5.41, 5.74) is 6.03. The summed E-state index contributed by atoms with van der Waals surface area (Å²) in [6, 6.07) is 4.46. The van der Waals surface area contributed by atoms with Gasteiger partial charge in [0.15, 0.2) is 5.17 Å². The van der Waals surface area contributed by atoms with E-state index in [1.165, 1.54) is 34.1 Å². The minimum absolute atomic E-state index is 0.00603.